The molecular formula is C44H55N10O17P3. The van der Waals surface area contributed by atoms with Crippen LogP contribution in [-0.4, -0.2) is 132 Å². The quantitative estimate of drug-likeness (QED) is 0.0276. The van der Waals surface area contributed by atoms with Crippen LogP contribution in [0, 0.1) is 13.8 Å². The van der Waals surface area contributed by atoms with Crippen molar-refractivity contribution in [2.75, 3.05) is 57.4 Å². The van der Waals surface area contributed by atoms with Crippen LogP contribution in [0.5, 0.6) is 0 Å². The van der Waals surface area contributed by atoms with Crippen LogP contribution >= 0.6 is 23.5 Å². The van der Waals surface area contributed by atoms with Crippen LogP contribution in [0.4, 0.5) is 16.3 Å². The maximum absolute atomic E-state index is 14.3. The normalized spacial score (nSPS) is 18.8. The summed E-state index contributed by atoms with van der Waals surface area (Å²) in [7, 11) is -15.6. The number of hydrogen-bond acceptors (Lipinski definition) is 19. The van der Waals surface area contributed by atoms with Gasteiger partial charge in [0.15, 0.2) is 23.8 Å². The Morgan fingerprint density at radius 1 is 0.932 bits per heavy atom. The molecule has 7 rings (SSSR count). The molecule has 1 aliphatic carbocycles. The Morgan fingerprint density at radius 3 is 2.41 bits per heavy atom. The van der Waals surface area contributed by atoms with Crippen LogP contribution < -0.4 is 27.0 Å². The Balaban J connectivity index is 0.959. The van der Waals surface area contributed by atoms with Gasteiger partial charge in [0.1, 0.15) is 35.4 Å². The predicted molar refractivity (Wildman–Crippen MR) is 265 cm³/mol. The molecule has 2 aromatic heterocycles. The van der Waals surface area contributed by atoms with Gasteiger partial charge in [-0.15, -0.1) is 0 Å². The number of nitrogens with two attached hydrogens (primary N) is 1. The molecular weight excluding hydrogens is 1030 g/mol. The van der Waals surface area contributed by atoms with Crippen molar-refractivity contribution in [3.8, 4) is 22.5 Å². The smallest absolute Gasteiger partial charge is 0.456 e. The first kappa shape index (κ1) is 55.6. The monoisotopic (exact) mass is 1090 g/mol. The molecule has 0 bridgehead atoms. The van der Waals surface area contributed by atoms with Gasteiger partial charge in [-0.05, 0) is 69.0 Å². The standard InChI is InChI=1S/C44H55N10O17P3/c1-6-46-30-19-32-28(17-24(30)3)36(29-18-25(4)31(47-7-2)20-33(29)67-32)26-11-8-9-12-27(26)42(57)53(5)16-10-13-35(55)48-14-15-49-44(58)69-39-34(21-66-73(62,63)71-74(64,65)70-72(59,60)61)68-43(38(39)56)54-23-52-37-40(45)50-22-51-41(37)54/h8-9,11-12,17-20,22-23,34,38-39,43,46,56H,6-7,10,13-16,21H2,1-5H3,(H,48,55)(H,49,58)(H,62,63)(H,64,65)(H2,45,50,51)(H2,59,60,61)/t34-,38-,39-,43-/m1/s1. The molecule has 3 amide bonds. The number of ether oxygens (including phenoxy) is 2. The molecule has 2 aromatic carbocycles. The van der Waals surface area contributed by atoms with Gasteiger partial charge in [-0.3, -0.25) is 23.7 Å². The Bertz CT molecular complexity index is 3260. The third kappa shape index (κ3) is 13.2. The molecule has 1 saturated heterocycles. The van der Waals surface area contributed by atoms with E-state index in [0.717, 1.165) is 51.3 Å². The molecule has 10 N–H and O–H groups in total. The summed E-state index contributed by atoms with van der Waals surface area (Å²) in [5.41, 5.74) is 12.4. The molecule has 4 aromatic rings. The second-order valence-corrected chi connectivity index (χ2v) is 21.2. The Labute approximate surface area is 421 Å². The summed E-state index contributed by atoms with van der Waals surface area (Å²) in [5, 5.41) is 21.4. The molecule has 0 spiro atoms. The average molecular weight is 1090 g/mol. The number of hydrogen-bond donors (Lipinski definition) is 9. The van der Waals surface area contributed by atoms with Crippen molar-refractivity contribution in [1.29, 1.82) is 0 Å². The third-order valence-corrected chi connectivity index (χ3v) is 15.3. The number of phosphoric ester groups is 1. The zero-order valence-electron chi connectivity index (χ0n) is 40.5. The lowest BCUT2D eigenvalue weighted by Gasteiger charge is -2.22. The van der Waals surface area contributed by atoms with Crippen LogP contribution in [-0.2, 0) is 41.1 Å². The summed E-state index contributed by atoms with van der Waals surface area (Å²) >= 11 is 0. The highest BCUT2D eigenvalue weighted by atomic mass is 31.3. The fraction of sp³-hybridized carbons (Fsp3) is 0.386. The van der Waals surface area contributed by atoms with Crippen LogP contribution in [0.15, 0.2) is 70.6 Å². The summed E-state index contributed by atoms with van der Waals surface area (Å²) in [5.74, 6) is -0.0733. The highest BCUT2D eigenvalue weighted by Gasteiger charge is 2.50. The lowest BCUT2D eigenvalue weighted by Crippen LogP contribution is -2.42. The van der Waals surface area contributed by atoms with E-state index in [1.165, 1.54) is 4.57 Å². The molecule has 0 saturated carbocycles. The van der Waals surface area contributed by atoms with E-state index < -0.39 is 66.6 Å². The summed E-state index contributed by atoms with van der Waals surface area (Å²) in [6.07, 6.45) is -5.23. The van der Waals surface area contributed by atoms with Gasteiger partial charge in [0.05, 0.1) is 18.3 Å². The van der Waals surface area contributed by atoms with Crippen molar-refractivity contribution >= 4 is 75.0 Å². The Kier molecular flexibility index (Phi) is 17.4. The van der Waals surface area contributed by atoms with Gasteiger partial charge in [-0.1, -0.05) is 18.2 Å². The molecule has 0 radical (unpaired) electrons. The minimum absolute atomic E-state index is 0.0147. The number of nitrogen functional groups attached to an aromatic ring is 1. The maximum Gasteiger partial charge on any atom is 0.490 e. The first-order chi connectivity index (χ1) is 35.0. The first-order valence-corrected chi connectivity index (χ1v) is 27.4. The number of amides is 3. The van der Waals surface area contributed by atoms with E-state index >= 15 is 0 Å². The summed E-state index contributed by atoms with van der Waals surface area (Å²) < 4.78 is 66.6. The number of aryl methyl sites for hydroxylation is 2. The minimum Gasteiger partial charge on any atom is -0.456 e. The number of alkyl carbamates (subject to hydrolysis) is 1. The van der Waals surface area contributed by atoms with Crippen LogP contribution in [0.25, 0.3) is 44.6 Å². The third-order valence-electron chi connectivity index (χ3n) is 11.5. The van der Waals surface area contributed by atoms with Gasteiger partial charge in [0.25, 0.3) is 5.91 Å². The summed E-state index contributed by atoms with van der Waals surface area (Å²) in [6, 6.07) is 15.3. The number of benzene rings is 3. The number of phosphoric acid groups is 3. The SMILES string of the molecule is CCN=c1cc2oc3cc(NCC)c(C)cc3c(-c3ccccc3C(=O)N(C)CCCC(=O)NCCNC(=O)O[C@H]3[C@@H](O)[C@H](n4cnc5c(N)ncnc54)O[C@@H]3COP(=O)(O)OP(=O)(O)OP(=O)(O)O)c-2cc1C. The molecule has 3 aliphatic rings. The zero-order chi connectivity index (χ0) is 53.7. The van der Waals surface area contributed by atoms with Crippen molar-refractivity contribution in [3.05, 3.63) is 83.2 Å². The van der Waals surface area contributed by atoms with Gasteiger partial charge in [0.2, 0.25) is 5.91 Å². The van der Waals surface area contributed by atoms with Gasteiger partial charge in [-0.2, -0.15) is 8.62 Å². The zero-order valence-corrected chi connectivity index (χ0v) is 43.2. The van der Waals surface area contributed by atoms with E-state index in [2.05, 4.69) is 50.6 Å². The van der Waals surface area contributed by atoms with E-state index in [1.54, 1.807) is 24.1 Å². The second-order valence-electron chi connectivity index (χ2n) is 16.8. The van der Waals surface area contributed by atoms with Crippen LogP contribution in [0.3, 0.4) is 0 Å². The molecule has 398 valence electrons. The van der Waals surface area contributed by atoms with E-state index in [4.69, 9.17) is 33.9 Å². The number of nitrogens with zero attached hydrogens (tertiary/aromatic N) is 6. The van der Waals surface area contributed by atoms with Gasteiger partial charge in [-0.25, -0.2) is 33.4 Å². The molecule has 27 nitrogen and oxygen atoms in total. The highest BCUT2D eigenvalue weighted by molar-refractivity contribution is 7.66. The van der Waals surface area contributed by atoms with Gasteiger partial charge >= 0.3 is 29.6 Å². The van der Waals surface area contributed by atoms with E-state index in [0.29, 0.717) is 35.6 Å². The van der Waals surface area contributed by atoms with E-state index in [9.17, 15) is 43.0 Å². The molecule has 2 aliphatic heterocycles. The maximum atomic E-state index is 14.3. The topological polar surface area (TPSA) is 384 Å². The first-order valence-electron chi connectivity index (χ1n) is 22.9. The fourth-order valence-electron chi connectivity index (χ4n) is 8.25. The Morgan fingerprint density at radius 2 is 1.68 bits per heavy atom. The van der Waals surface area contributed by atoms with Crippen LogP contribution in [0.1, 0.15) is 54.4 Å². The number of rotatable bonds is 21. The van der Waals surface area contributed by atoms with Crippen molar-refractivity contribution in [2.45, 2.75) is 65.1 Å². The number of carbonyl (C=O) groups is 3. The van der Waals surface area contributed by atoms with E-state index in [-0.39, 0.29) is 55.4 Å². The number of imidazole rings is 1. The fourth-order valence-corrected chi connectivity index (χ4v) is 11.3. The lowest BCUT2D eigenvalue weighted by atomic mass is 9.89. The molecule has 1 fully saturated rings. The van der Waals surface area contributed by atoms with Crippen molar-refractivity contribution in [2.24, 2.45) is 4.99 Å². The second kappa shape index (κ2) is 23.2. The van der Waals surface area contributed by atoms with E-state index in [1.807, 2.05) is 58.0 Å². The van der Waals surface area contributed by atoms with Crippen molar-refractivity contribution in [3.63, 3.8) is 0 Å². The summed E-state index contributed by atoms with van der Waals surface area (Å²) in [4.78, 5) is 95.7. The lowest BCUT2D eigenvalue weighted by molar-refractivity contribution is -0.121. The molecule has 2 unspecified atom stereocenters. The number of aromatic nitrogens is 4. The number of carbonyl (C=O) groups excluding carboxylic acids is 3. The number of anilines is 2. The number of fused-ring (bicyclic) bond motifs is 3. The van der Waals surface area contributed by atoms with Crippen molar-refractivity contribution in [1.82, 2.24) is 35.1 Å². The molecule has 6 atom stereocenters. The average Bonchev–Trinajstić information content (AvgIpc) is 3.89. The van der Waals surface area contributed by atoms with Gasteiger partial charge < -0.3 is 65.2 Å². The van der Waals surface area contributed by atoms with Crippen LogP contribution in [0.2, 0.25) is 0 Å². The van der Waals surface area contributed by atoms with Crippen molar-refractivity contribution < 1.29 is 79.8 Å². The molecule has 74 heavy (non-hydrogen) atoms. The number of nitrogens with one attached hydrogen (secondary N) is 3. The highest BCUT2D eigenvalue weighted by Crippen LogP contribution is 2.66. The number of aliphatic hydroxyl groups is 1. The largest absolute Gasteiger partial charge is 0.490 e. The number of aliphatic hydroxyl groups excluding tert-OH is 1. The minimum atomic E-state index is -5.89. The van der Waals surface area contributed by atoms with Gasteiger partial charge in [0, 0.05) is 86.1 Å². The Hall–Kier alpha value is -6.18. The summed E-state index contributed by atoms with van der Waals surface area (Å²) in [6.45, 7) is 8.12. The molecule has 4 heterocycles. The predicted octanol–water partition coefficient (Wildman–Crippen LogP) is 4.26. The molecule has 30 heteroatoms.